The van der Waals surface area contributed by atoms with Crippen molar-refractivity contribution < 1.29 is 19.3 Å². The predicted molar refractivity (Wildman–Crippen MR) is 113 cm³/mol. The van der Waals surface area contributed by atoms with Crippen molar-refractivity contribution in [3.05, 3.63) is 64.4 Å². The Bertz CT molecular complexity index is 709. The standard InChI is InChI=1S/C21H25BrFNO3.ClH/c22-17-3-7-20(8-4-17)27-14-19(25)13-24-11-9-16(10-12-24)21(26)15-1-5-18(23)6-2-15;/h1-8,16,19,21,25-26H,9-14H2;1H. The smallest absolute Gasteiger partial charge is 0.123 e. The van der Waals surface area contributed by atoms with Crippen LogP contribution >= 0.6 is 28.3 Å². The molecule has 1 aliphatic rings. The summed E-state index contributed by atoms with van der Waals surface area (Å²) in [6.45, 7) is 2.44. The van der Waals surface area contributed by atoms with Gasteiger partial charge in [-0.25, -0.2) is 4.39 Å². The summed E-state index contributed by atoms with van der Waals surface area (Å²) in [7, 11) is 0. The van der Waals surface area contributed by atoms with E-state index in [1.165, 1.54) is 12.1 Å². The topological polar surface area (TPSA) is 52.9 Å². The highest BCUT2D eigenvalue weighted by atomic mass is 79.9. The summed E-state index contributed by atoms with van der Waals surface area (Å²) < 4.78 is 19.6. The fourth-order valence-corrected chi connectivity index (χ4v) is 3.72. The molecule has 2 aromatic carbocycles. The van der Waals surface area contributed by atoms with E-state index in [9.17, 15) is 14.6 Å². The van der Waals surface area contributed by atoms with Gasteiger partial charge in [0.1, 0.15) is 24.3 Å². The molecule has 0 spiro atoms. The lowest BCUT2D eigenvalue weighted by Gasteiger charge is -2.35. The quantitative estimate of drug-likeness (QED) is 0.632. The average molecular weight is 475 g/mol. The van der Waals surface area contributed by atoms with Crippen LogP contribution in [-0.4, -0.2) is 47.5 Å². The van der Waals surface area contributed by atoms with Gasteiger partial charge < -0.3 is 19.8 Å². The Balaban J connectivity index is 0.00000280. The second-order valence-corrected chi connectivity index (χ2v) is 7.97. The number of hydrogen-bond donors (Lipinski definition) is 2. The van der Waals surface area contributed by atoms with Gasteiger partial charge in [-0.3, -0.25) is 0 Å². The van der Waals surface area contributed by atoms with Crippen LogP contribution < -0.4 is 4.74 Å². The number of ether oxygens (including phenoxy) is 1. The lowest BCUT2D eigenvalue weighted by atomic mass is 9.87. The monoisotopic (exact) mass is 473 g/mol. The number of piperidine rings is 1. The van der Waals surface area contributed by atoms with Gasteiger partial charge in [0.2, 0.25) is 0 Å². The number of rotatable bonds is 7. The lowest BCUT2D eigenvalue weighted by Crippen LogP contribution is -2.41. The molecule has 1 fully saturated rings. The highest BCUT2D eigenvalue weighted by Crippen LogP contribution is 2.30. The zero-order valence-electron chi connectivity index (χ0n) is 15.5. The Hall–Kier alpha value is -1.18. The van der Waals surface area contributed by atoms with Gasteiger partial charge in [0.05, 0.1) is 6.10 Å². The Morgan fingerprint density at radius 3 is 2.25 bits per heavy atom. The molecule has 0 bridgehead atoms. The Labute approximate surface area is 179 Å². The van der Waals surface area contributed by atoms with Crippen LogP contribution in [0.1, 0.15) is 24.5 Å². The van der Waals surface area contributed by atoms with Crippen LogP contribution in [0, 0.1) is 11.7 Å². The first kappa shape index (κ1) is 23.1. The molecule has 1 saturated heterocycles. The summed E-state index contributed by atoms with van der Waals surface area (Å²) in [5.74, 6) is 0.598. The van der Waals surface area contributed by atoms with Crippen molar-refractivity contribution in [2.24, 2.45) is 5.92 Å². The third-order valence-corrected chi connectivity index (χ3v) is 5.54. The van der Waals surface area contributed by atoms with Crippen LogP contribution in [-0.2, 0) is 0 Å². The van der Waals surface area contributed by atoms with E-state index in [1.807, 2.05) is 24.3 Å². The third kappa shape index (κ3) is 6.71. The molecule has 4 nitrogen and oxygen atoms in total. The van der Waals surface area contributed by atoms with Crippen molar-refractivity contribution in [2.75, 3.05) is 26.2 Å². The van der Waals surface area contributed by atoms with Crippen molar-refractivity contribution in [1.29, 1.82) is 0 Å². The van der Waals surface area contributed by atoms with Crippen LogP contribution in [0.2, 0.25) is 0 Å². The van der Waals surface area contributed by atoms with Gasteiger partial charge in [0, 0.05) is 11.0 Å². The summed E-state index contributed by atoms with van der Waals surface area (Å²) in [5.41, 5.74) is 0.762. The van der Waals surface area contributed by atoms with E-state index in [1.54, 1.807) is 12.1 Å². The second kappa shape index (κ2) is 11.1. The van der Waals surface area contributed by atoms with E-state index >= 15 is 0 Å². The zero-order valence-corrected chi connectivity index (χ0v) is 17.9. The van der Waals surface area contributed by atoms with Gasteiger partial charge in [0.15, 0.2) is 0 Å². The van der Waals surface area contributed by atoms with Gasteiger partial charge in [-0.2, -0.15) is 0 Å². The first-order valence-corrected chi connectivity index (χ1v) is 10.0. The highest BCUT2D eigenvalue weighted by molar-refractivity contribution is 9.10. The maximum Gasteiger partial charge on any atom is 0.123 e. The number of aliphatic hydroxyl groups excluding tert-OH is 2. The number of nitrogens with zero attached hydrogens (tertiary/aromatic N) is 1. The van der Waals surface area contributed by atoms with Crippen molar-refractivity contribution in [2.45, 2.75) is 25.0 Å². The van der Waals surface area contributed by atoms with Crippen molar-refractivity contribution in [1.82, 2.24) is 4.90 Å². The molecule has 1 aliphatic heterocycles. The number of β-amino-alcohol motifs (C(OH)–C–C–N with tert-alkyl or cyclic N) is 1. The molecule has 0 saturated carbocycles. The molecule has 1 heterocycles. The Kier molecular flexibility index (Phi) is 9.18. The van der Waals surface area contributed by atoms with Gasteiger partial charge >= 0.3 is 0 Å². The molecule has 2 aromatic rings. The molecule has 7 heteroatoms. The van der Waals surface area contributed by atoms with E-state index in [0.29, 0.717) is 6.54 Å². The van der Waals surface area contributed by atoms with E-state index in [4.69, 9.17) is 4.74 Å². The SMILES string of the molecule is Cl.OC(COc1ccc(Br)cc1)CN1CCC(C(O)c2ccc(F)cc2)CC1. The normalized spacial score (nSPS) is 17.6. The molecule has 2 atom stereocenters. The molecular formula is C21H26BrClFNO3. The summed E-state index contributed by atoms with van der Waals surface area (Å²) in [6.07, 6.45) is 0.558. The second-order valence-electron chi connectivity index (χ2n) is 7.05. The number of likely N-dealkylation sites (tertiary alicyclic amines) is 1. The first-order chi connectivity index (χ1) is 13.0. The molecular weight excluding hydrogens is 449 g/mol. The molecule has 0 aromatic heterocycles. The molecule has 3 rings (SSSR count). The molecule has 2 unspecified atom stereocenters. The molecule has 0 amide bonds. The minimum Gasteiger partial charge on any atom is -0.491 e. The van der Waals surface area contributed by atoms with Crippen LogP contribution in [0.15, 0.2) is 53.0 Å². The predicted octanol–water partition coefficient (Wildman–Crippen LogP) is 4.20. The van der Waals surface area contributed by atoms with Gasteiger partial charge in [-0.15, -0.1) is 12.4 Å². The van der Waals surface area contributed by atoms with Crippen molar-refractivity contribution in [3.8, 4) is 5.75 Å². The molecule has 2 N–H and O–H groups in total. The summed E-state index contributed by atoms with van der Waals surface area (Å²) >= 11 is 3.38. The third-order valence-electron chi connectivity index (χ3n) is 5.02. The zero-order chi connectivity index (χ0) is 19.2. The van der Waals surface area contributed by atoms with E-state index < -0.39 is 12.2 Å². The highest BCUT2D eigenvalue weighted by Gasteiger charge is 2.27. The number of halogens is 3. The van der Waals surface area contributed by atoms with Crippen LogP contribution in [0.3, 0.4) is 0 Å². The Morgan fingerprint density at radius 1 is 1.04 bits per heavy atom. The van der Waals surface area contributed by atoms with Crippen LogP contribution in [0.5, 0.6) is 5.75 Å². The first-order valence-electron chi connectivity index (χ1n) is 9.23. The lowest BCUT2D eigenvalue weighted by molar-refractivity contribution is 0.0278. The van der Waals surface area contributed by atoms with Crippen molar-refractivity contribution in [3.63, 3.8) is 0 Å². The number of benzene rings is 2. The van der Waals surface area contributed by atoms with E-state index in [0.717, 1.165) is 41.7 Å². The fourth-order valence-electron chi connectivity index (χ4n) is 3.46. The largest absolute Gasteiger partial charge is 0.491 e. The van der Waals surface area contributed by atoms with Crippen molar-refractivity contribution >= 4 is 28.3 Å². The van der Waals surface area contributed by atoms with Gasteiger partial charge in [0.25, 0.3) is 0 Å². The van der Waals surface area contributed by atoms with Gasteiger partial charge in [-0.1, -0.05) is 28.1 Å². The summed E-state index contributed by atoms with van der Waals surface area (Å²) in [6, 6.07) is 13.6. The fraction of sp³-hybridized carbons (Fsp3) is 0.429. The molecule has 0 radical (unpaired) electrons. The minimum absolute atomic E-state index is 0. The van der Waals surface area contributed by atoms with Crippen LogP contribution in [0.4, 0.5) is 4.39 Å². The van der Waals surface area contributed by atoms with E-state index in [-0.39, 0.29) is 30.7 Å². The summed E-state index contributed by atoms with van der Waals surface area (Å²) in [5, 5.41) is 20.8. The van der Waals surface area contributed by atoms with Gasteiger partial charge in [-0.05, 0) is 73.8 Å². The number of hydrogen-bond acceptors (Lipinski definition) is 4. The van der Waals surface area contributed by atoms with Crippen LogP contribution in [0.25, 0.3) is 0 Å². The molecule has 154 valence electrons. The molecule has 28 heavy (non-hydrogen) atoms. The number of aliphatic hydroxyl groups is 2. The summed E-state index contributed by atoms with van der Waals surface area (Å²) in [4.78, 5) is 2.20. The Morgan fingerprint density at radius 2 is 1.64 bits per heavy atom. The molecule has 0 aliphatic carbocycles. The minimum atomic E-state index is -0.571. The van der Waals surface area contributed by atoms with E-state index in [2.05, 4.69) is 20.8 Å². The maximum atomic E-state index is 13.0. The maximum absolute atomic E-state index is 13.0. The average Bonchev–Trinajstić information content (AvgIpc) is 2.68.